The summed E-state index contributed by atoms with van der Waals surface area (Å²) in [6, 6.07) is 10.7. The smallest absolute Gasteiger partial charge is 0.253 e. The molecule has 8 heteroatoms. The number of methoxy groups -OCH3 is 1. The number of sulfone groups is 1. The summed E-state index contributed by atoms with van der Waals surface area (Å²) in [5.74, 6) is 1.44. The lowest BCUT2D eigenvalue weighted by Crippen LogP contribution is -2.23. The standard InChI is InChI=1S/C18H21N3O4S/c1-25-16-5-2-13(3-6-16)10-20-18(22)14-4-7-17(19-11-14)21-15-8-9-26(23,24)12-15/h2-7,11,15H,8-10,12H2,1H3,(H,19,21)(H,20,22). The number of hydrogen-bond acceptors (Lipinski definition) is 6. The van der Waals surface area contributed by atoms with Gasteiger partial charge in [0.05, 0.1) is 24.2 Å². The van der Waals surface area contributed by atoms with Gasteiger partial charge in [-0.15, -0.1) is 0 Å². The molecule has 7 nitrogen and oxygen atoms in total. The normalized spacial score (nSPS) is 18.3. The van der Waals surface area contributed by atoms with E-state index in [0.29, 0.717) is 24.3 Å². The fourth-order valence-corrected chi connectivity index (χ4v) is 4.43. The molecule has 0 saturated carbocycles. The average molecular weight is 375 g/mol. The molecule has 1 atom stereocenters. The van der Waals surface area contributed by atoms with Gasteiger partial charge in [0.15, 0.2) is 9.84 Å². The lowest BCUT2D eigenvalue weighted by molar-refractivity contribution is 0.0950. The number of carbonyl (C=O) groups is 1. The molecular formula is C18H21N3O4S. The highest BCUT2D eigenvalue weighted by atomic mass is 32.2. The van der Waals surface area contributed by atoms with E-state index in [-0.39, 0.29) is 23.5 Å². The van der Waals surface area contributed by atoms with E-state index in [2.05, 4.69) is 15.6 Å². The zero-order valence-corrected chi connectivity index (χ0v) is 15.3. The topological polar surface area (TPSA) is 97.4 Å². The van der Waals surface area contributed by atoms with Gasteiger partial charge in [0.25, 0.3) is 5.91 Å². The molecule has 1 fully saturated rings. The van der Waals surface area contributed by atoms with Crippen molar-refractivity contribution in [1.29, 1.82) is 0 Å². The van der Waals surface area contributed by atoms with Crippen LogP contribution in [0.3, 0.4) is 0 Å². The minimum atomic E-state index is -2.94. The van der Waals surface area contributed by atoms with Crippen molar-refractivity contribution in [3.63, 3.8) is 0 Å². The van der Waals surface area contributed by atoms with Crippen LogP contribution in [0.5, 0.6) is 5.75 Å². The van der Waals surface area contributed by atoms with Crippen LogP contribution in [0.2, 0.25) is 0 Å². The third-order valence-electron chi connectivity index (χ3n) is 4.22. The van der Waals surface area contributed by atoms with Crippen LogP contribution in [-0.4, -0.2) is 44.0 Å². The molecule has 1 aromatic carbocycles. The number of rotatable bonds is 6. The van der Waals surface area contributed by atoms with Gasteiger partial charge >= 0.3 is 0 Å². The maximum atomic E-state index is 12.2. The predicted molar refractivity (Wildman–Crippen MR) is 99.1 cm³/mol. The molecule has 1 aliphatic rings. The first-order valence-electron chi connectivity index (χ1n) is 8.29. The quantitative estimate of drug-likeness (QED) is 0.796. The van der Waals surface area contributed by atoms with Crippen LogP contribution < -0.4 is 15.4 Å². The minimum absolute atomic E-state index is 0.123. The third-order valence-corrected chi connectivity index (χ3v) is 5.99. The molecule has 1 amide bonds. The Labute approximate surface area is 152 Å². The van der Waals surface area contributed by atoms with Gasteiger partial charge in [-0.3, -0.25) is 4.79 Å². The number of aromatic nitrogens is 1. The van der Waals surface area contributed by atoms with Gasteiger partial charge < -0.3 is 15.4 Å². The fourth-order valence-electron chi connectivity index (χ4n) is 2.76. The molecule has 1 saturated heterocycles. The van der Waals surface area contributed by atoms with E-state index in [9.17, 15) is 13.2 Å². The highest BCUT2D eigenvalue weighted by molar-refractivity contribution is 7.91. The Bertz CT molecular complexity index is 864. The Balaban J connectivity index is 1.53. The first-order chi connectivity index (χ1) is 12.4. The Hall–Kier alpha value is -2.61. The molecule has 2 heterocycles. The molecule has 0 bridgehead atoms. The lowest BCUT2D eigenvalue weighted by atomic mass is 10.2. The zero-order chi connectivity index (χ0) is 18.6. The van der Waals surface area contributed by atoms with Gasteiger partial charge in [-0.2, -0.15) is 0 Å². The van der Waals surface area contributed by atoms with E-state index in [1.54, 1.807) is 19.2 Å². The summed E-state index contributed by atoms with van der Waals surface area (Å²) in [5.41, 5.74) is 1.41. The highest BCUT2D eigenvalue weighted by Gasteiger charge is 2.27. The van der Waals surface area contributed by atoms with Crippen molar-refractivity contribution in [2.75, 3.05) is 23.9 Å². The molecule has 3 rings (SSSR count). The molecule has 1 aromatic heterocycles. The van der Waals surface area contributed by atoms with Crippen molar-refractivity contribution in [1.82, 2.24) is 10.3 Å². The van der Waals surface area contributed by atoms with Crippen LogP contribution in [0.1, 0.15) is 22.3 Å². The van der Waals surface area contributed by atoms with Crippen molar-refractivity contribution in [2.45, 2.75) is 19.0 Å². The van der Waals surface area contributed by atoms with Gasteiger partial charge in [-0.1, -0.05) is 12.1 Å². The number of amides is 1. The number of ether oxygens (including phenoxy) is 1. The fraction of sp³-hybridized carbons (Fsp3) is 0.333. The van der Waals surface area contributed by atoms with Gasteiger partial charge in [0.2, 0.25) is 0 Å². The maximum Gasteiger partial charge on any atom is 0.253 e. The van der Waals surface area contributed by atoms with Gasteiger partial charge in [0, 0.05) is 18.8 Å². The Morgan fingerprint density at radius 1 is 1.23 bits per heavy atom. The average Bonchev–Trinajstić information content (AvgIpc) is 2.99. The van der Waals surface area contributed by atoms with Crippen molar-refractivity contribution in [2.24, 2.45) is 0 Å². The summed E-state index contributed by atoms with van der Waals surface area (Å²) < 4.78 is 28.1. The highest BCUT2D eigenvalue weighted by Crippen LogP contribution is 2.16. The number of nitrogens with zero attached hydrogens (tertiary/aromatic N) is 1. The van der Waals surface area contributed by atoms with E-state index in [4.69, 9.17) is 4.74 Å². The summed E-state index contributed by atoms with van der Waals surface area (Å²) in [6.07, 6.45) is 2.06. The lowest BCUT2D eigenvalue weighted by Gasteiger charge is -2.12. The van der Waals surface area contributed by atoms with Crippen molar-refractivity contribution >= 4 is 21.6 Å². The molecular weight excluding hydrogens is 354 g/mol. The molecule has 0 aliphatic carbocycles. The number of hydrogen-bond donors (Lipinski definition) is 2. The molecule has 2 aromatic rings. The van der Waals surface area contributed by atoms with E-state index < -0.39 is 9.84 Å². The third kappa shape index (κ3) is 4.72. The minimum Gasteiger partial charge on any atom is -0.497 e. The first kappa shape index (κ1) is 18.2. The number of carbonyl (C=O) groups excluding carboxylic acids is 1. The number of pyridine rings is 1. The van der Waals surface area contributed by atoms with E-state index in [1.165, 1.54) is 6.20 Å². The van der Waals surface area contributed by atoms with Crippen LogP contribution in [-0.2, 0) is 16.4 Å². The van der Waals surface area contributed by atoms with Gasteiger partial charge in [-0.25, -0.2) is 13.4 Å². The first-order valence-corrected chi connectivity index (χ1v) is 10.1. The molecule has 26 heavy (non-hydrogen) atoms. The summed E-state index contributed by atoms with van der Waals surface area (Å²) in [6.45, 7) is 0.406. The Morgan fingerprint density at radius 3 is 2.58 bits per heavy atom. The maximum absolute atomic E-state index is 12.2. The SMILES string of the molecule is COc1ccc(CNC(=O)c2ccc(NC3CCS(=O)(=O)C3)nc2)cc1. The van der Waals surface area contributed by atoms with Crippen LogP contribution in [0, 0.1) is 0 Å². The predicted octanol–water partition coefficient (Wildman–Crippen LogP) is 1.62. The second-order valence-corrected chi connectivity index (χ2v) is 8.44. The molecule has 2 N–H and O–H groups in total. The zero-order valence-electron chi connectivity index (χ0n) is 14.4. The second-order valence-electron chi connectivity index (χ2n) is 6.21. The number of anilines is 1. The van der Waals surface area contributed by atoms with Crippen LogP contribution >= 0.6 is 0 Å². The molecule has 1 unspecified atom stereocenters. The van der Waals surface area contributed by atoms with Crippen molar-refractivity contribution in [3.8, 4) is 5.75 Å². The Morgan fingerprint density at radius 2 is 2.00 bits per heavy atom. The summed E-state index contributed by atoms with van der Waals surface area (Å²) in [7, 11) is -1.33. The Kier molecular flexibility index (Phi) is 5.41. The summed E-state index contributed by atoms with van der Waals surface area (Å²) in [4.78, 5) is 16.4. The molecule has 0 radical (unpaired) electrons. The monoisotopic (exact) mass is 375 g/mol. The molecule has 0 spiro atoms. The second kappa shape index (κ2) is 7.74. The van der Waals surface area contributed by atoms with E-state index >= 15 is 0 Å². The van der Waals surface area contributed by atoms with Crippen LogP contribution in [0.25, 0.3) is 0 Å². The van der Waals surface area contributed by atoms with Gasteiger partial charge in [0.1, 0.15) is 11.6 Å². The van der Waals surface area contributed by atoms with Crippen molar-refractivity contribution in [3.05, 3.63) is 53.7 Å². The molecule has 1 aliphatic heterocycles. The van der Waals surface area contributed by atoms with E-state index in [0.717, 1.165) is 11.3 Å². The summed E-state index contributed by atoms with van der Waals surface area (Å²) >= 11 is 0. The number of nitrogens with one attached hydrogen (secondary N) is 2. The van der Waals surface area contributed by atoms with Gasteiger partial charge in [-0.05, 0) is 36.2 Å². The van der Waals surface area contributed by atoms with Crippen LogP contribution in [0.4, 0.5) is 5.82 Å². The molecule has 138 valence electrons. The van der Waals surface area contributed by atoms with Crippen LogP contribution in [0.15, 0.2) is 42.6 Å². The van der Waals surface area contributed by atoms with E-state index in [1.807, 2.05) is 24.3 Å². The largest absolute Gasteiger partial charge is 0.497 e. The summed E-state index contributed by atoms with van der Waals surface area (Å²) in [5, 5.41) is 5.93. The number of benzene rings is 1. The van der Waals surface area contributed by atoms with Crippen molar-refractivity contribution < 1.29 is 17.9 Å².